The Labute approximate surface area is 192 Å². The normalized spacial score (nSPS) is 15.3. The molecule has 0 bridgehead atoms. The van der Waals surface area contributed by atoms with E-state index in [-0.39, 0.29) is 11.5 Å². The summed E-state index contributed by atoms with van der Waals surface area (Å²) >= 11 is 6.68. The smallest absolute Gasteiger partial charge is 0.267 e. The van der Waals surface area contributed by atoms with Gasteiger partial charge in [-0.3, -0.25) is 18.9 Å². The lowest BCUT2D eigenvalue weighted by molar-refractivity contribution is -0.122. The van der Waals surface area contributed by atoms with Gasteiger partial charge in [-0.2, -0.15) is 0 Å². The molecule has 0 atom stereocenters. The number of fused-ring (bicyclic) bond motifs is 1. The third-order valence-corrected chi connectivity index (χ3v) is 6.44. The van der Waals surface area contributed by atoms with E-state index in [1.165, 1.54) is 41.8 Å². The van der Waals surface area contributed by atoms with Crippen LogP contribution in [-0.4, -0.2) is 37.6 Å². The predicted molar refractivity (Wildman–Crippen MR) is 133 cm³/mol. The van der Waals surface area contributed by atoms with Crippen LogP contribution in [0.2, 0.25) is 0 Å². The molecule has 0 saturated carbocycles. The van der Waals surface area contributed by atoms with Gasteiger partial charge in [-0.25, -0.2) is 4.98 Å². The summed E-state index contributed by atoms with van der Waals surface area (Å²) in [7, 11) is 0. The van der Waals surface area contributed by atoms with Gasteiger partial charge in [0, 0.05) is 19.3 Å². The van der Waals surface area contributed by atoms with Gasteiger partial charge in [0.15, 0.2) is 0 Å². The molecule has 1 amide bonds. The number of hydrogen-bond acceptors (Lipinski definition) is 6. The highest BCUT2D eigenvalue weighted by atomic mass is 32.2. The van der Waals surface area contributed by atoms with Gasteiger partial charge in [0.05, 0.1) is 10.5 Å². The number of rotatable bonds is 11. The minimum Gasteiger partial charge on any atom is -0.366 e. The second-order valence-electron chi connectivity index (χ2n) is 7.38. The van der Waals surface area contributed by atoms with E-state index in [0.717, 1.165) is 12.8 Å². The van der Waals surface area contributed by atoms with E-state index in [2.05, 4.69) is 23.8 Å². The van der Waals surface area contributed by atoms with Gasteiger partial charge in [0.2, 0.25) is 0 Å². The Bertz CT molecular complexity index is 1060. The van der Waals surface area contributed by atoms with Gasteiger partial charge in [-0.1, -0.05) is 75.1 Å². The zero-order valence-electron chi connectivity index (χ0n) is 17.8. The molecule has 1 aliphatic heterocycles. The van der Waals surface area contributed by atoms with Crippen molar-refractivity contribution in [3.63, 3.8) is 0 Å². The van der Waals surface area contributed by atoms with Crippen molar-refractivity contribution in [2.75, 3.05) is 18.4 Å². The van der Waals surface area contributed by atoms with E-state index in [4.69, 9.17) is 12.2 Å². The first-order valence-electron chi connectivity index (χ1n) is 10.7. The Morgan fingerprint density at radius 3 is 2.74 bits per heavy atom. The molecule has 2 aromatic heterocycles. The Balaban J connectivity index is 1.83. The molecule has 0 spiro atoms. The fourth-order valence-electron chi connectivity index (χ4n) is 3.41. The van der Waals surface area contributed by atoms with Gasteiger partial charge in [0.1, 0.15) is 15.8 Å². The topological polar surface area (TPSA) is 66.7 Å². The van der Waals surface area contributed by atoms with Crippen molar-refractivity contribution in [3.05, 3.63) is 57.9 Å². The minimum atomic E-state index is -0.238. The first-order chi connectivity index (χ1) is 15.1. The summed E-state index contributed by atoms with van der Waals surface area (Å²) in [6.45, 7) is 6.97. The van der Waals surface area contributed by atoms with Gasteiger partial charge in [-0.05, 0) is 24.6 Å². The Hall–Kier alpha value is -2.45. The second-order valence-corrected chi connectivity index (χ2v) is 9.05. The van der Waals surface area contributed by atoms with E-state index in [9.17, 15) is 9.59 Å². The number of nitrogens with zero attached hydrogens (tertiary/aromatic N) is 3. The van der Waals surface area contributed by atoms with Crippen LogP contribution < -0.4 is 10.9 Å². The average molecular weight is 457 g/mol. The van der Waals surface area contributed by atoms with Gasteiger partial charge < -0.3 is 5.32 Å². The van der Waals surface area contributed by atoms with Crippen molar-refractivity contribution in [2.24, 2.45) is 0 Å². The van der Waals surface area contributed by atoms with Crippen LogP contribution in [0.3, 0.4) is 0 Å². The molecule has 164 valence electrons. The summed E-state index contributed by atoms with van der Waals surface area (Å²) in [6.07, 6.45) is 11.9. The second kappa shape index (κ2) is 11.2. The lowest BCUT2D eigenvalue weighted by atomic mass is 10.1. The van der Waals surface area contributed by atoms with Crippen LogP contribution in [0.25, 0.3) is 11.7 Å². The van der Waals surface area contributed by atoms with Crippen LogP contribution in [0.4, 0.5) is 5.82 Å². The van der Waals surface area contributed by atoms with Crippen molar-refractivity contribution in [1.82, 2.24) is 14.3 Å². The van der Waals surface area contributed by atoms with Crippen LogP contribution in [0.5, 0.6) is 0 Å². The first-order valence-corrected chi connectivity index (χ1v) is 11.9. The molecule has 0 aromatic carbocycles. The van der Waals surface area contributed by atoms with Gasteiger partial charge >= 0.3 is 0 Å². The zero-order chi connectivity index (χ0) is 22.2. The SMILES string of the molecule is C=CCNc1nc2ccccn2c(=O)c1/C=C1\SC(=S)N(CCCCCCCC)C1=O. The van der Waals surface area contributed by atoms with Crippen molar-refractivity contribution in [2.45, 2.75) is 45.4 Å². The molecule has 1 saturated heterocycles. The number of carbonyl (C=O) groups excluding carboxylic acids is 1. The molecular weight excluding hydrogens is 428 g/mol. The molecular formula is C23H28N4O2S2. The van der Waals surface area contributed by atoms with E-state index < -0.39 is 0 Å². The maximum atomic E-state index is 13.1. The summed E-state index contributed by atoms with van der Waals surface area (Å²) in [5.74, 6) is 0.285. The molecule has 3 rings (SSSR count). The zero-order valence-corrected chi connectivity index (χ0v) is 19.4. The largest absolute Gasteiger partial charge is 0.366 e. The lowest BCUT2D eigenvalue weighted by Crippen LogP contribution is -2.29. The first kappa shape index (κ1) is 23.2. The Kier molecular flexibility index (Phi) is 8.43. The number of carbonyl (C=O) groups is 1. The van der Waals surface area contributed by atoms with Crippen LogP contribution in [0, 0.1) is 0 Å². The number of aromatic nitrogens is 2. The summed E-state index contributed by atoms with van der Waals surface area (Å²) in [5, 5.41) is 3.11. The molecule has 3 heterocycles. The van der Waals surface area contributed by atoms with Crippen LogP contribution >= 0.6 is 24.0 Å². The summed E-state index contributed by atoms with van der Waals surface area (Å²) < 4.78 is 2.02. The number of nitrogens with one attached hydrogen (secondary N) is 1. The third kappa shape index (κ3) is 5.62. The number of hydrogen-bond donors (Lipinski definition) is 1. The number of amides is 1. The number of unbranched alkanes of at least 4 members (excludes halogenated alkanes) is 5. The molecule has 2 aromatic rings. The van der Waals surface area contributed by atoms with Crippen LogP contribution in [0.15, 0.2) is 46.8 Å². The molecule has 0 unspecified atom stereocenters. The highest BCUT2D eigenvalue weighted by Gasteiger charge is 2.32. The molecule has 8 heteroatoms. The van der Waals surface area contributed by atoms with Gasteiger partial charge in [-0.15, -0.1) is 6.58 Å². The van der Waals surface area contributed by atoms with E-state index in [0.29, 0.717) is 39.3 Å². The molecule has 0 aliphatic carbocycles. The summed E-state index contributed by atoms with van der Waals surface area (Å²) in [4.78, 5) is 32.7. The quantitative estimate of drug-likeness (QED) is 0.226. The molecule has 1 fully saturated rings. The van der Waals surface area contributed by atoms with E-state index >= 15 is 0 Å². The van der Waals surface area contributed by atoms with Crippen LogP contribution in [0.1, 0.15) is 51.0 Å². The molecule has 31 heavy (non-hydrogen) atoms. The Morgan fingerprint density at radius 2 is 1.97 bits per heavy atom. The molecule has 1 aliphatic rings. The van der Waals surface area contributed by atoms with Crippen molar-refractivity contribution in [3.8, 4) is 0 Å². The number of anilines is 1. The summed E-state index contributed by atoms with van der Waals surface area (Å²) in [6, 6.07) is 5.37. The molecule has 6 nitrogen and oxygen atoms in total. The number of pyridine rings is 1. The third-order valence-electron chi connectivity index (χ3n) is 5.07. The maximum Gasteiger partial charge on any atom is 0.267 e. The molecule has 1 N–H and O–H groups in total. The lowest BCUT2D eigenvalue weighted by Gasteiger charge is -2.14. The fourth-order valence-corrected chi connectivity index (χ4v) is 4.70. The maximum absolute atomic E-state index is 13.1. The monoisotopic (exact) mass is 456 g/mol. The highest BCUT2D eigenvalue weighted by molar-refractivity contribution is 8.26. The average Bonchev–Trinajstić information content (AvgIpc) is 3.04. The van der Waals surface area contributed by atoms with Gasteiger partial charge in [0.25, 0.3) is 11.5 Å². The number of thioether (sulfide) groups is 1. The van der Waals surface area contributed by atoms with Crippen molar-refractivity contribution in [1.29, 1.82) is 0 Å². The van der Waals surface area contributed by atoms with E-state index in [1.54, 1.807) is 35.4 Å². The highest BCUT2D eigenvalue weighted by Crippen LogP contribution is 2.33. The van der Waals surface area contributed by atoms with E-state index in [1.807, 2.05) is 6.07 Å². The Morgan fingerprint density at radius 1 is 1.19 bits per heavy atom. The standard InChI is InChI=1S/C23H28N4O2S2/c1-3-5-6-7-8-10-15-27-22(29)18(31-23(27)30)16-17-20(24-13-4-2)25-19-12-9-11-14-26(19)21(17)28/h4,9,11-12,14,16,24H,2-3,5-8,10,13,15H2,1H3/b18-16-. The number of thiocarbonyl (C=S) groups is 1. The fraction of sp³-hybridized carbons (Fsp3) is 0.391. The van der Waals surface area contributed by atoms with Crippen molar-refractivity contribution < 1.29 is 4.79 Å². The predicted octanol–water partition coefficient (Wildman–Crippen LogP) is 4.85. The van der Waals surface area contributed by atoms with Crippen LogP contribution in [-0.2, 0) is 4.79 Å². The minimum absolute atomic E-state index is 0.143. The van der Waals surface area contributed by atoms with Crippen molar-refractivity contribution >= 4 is 51.7 Å². The molecule has 0 radical (unpaired) electrons. The summed E-state index contributed by atoms with van der Waals surface area (Å²) in [5.41, 5.74) is 0.635.